The van der Waals surface area contributed by atoms with Crippen LogP contribution in [0.2, 0.25) is 0 Å². The maximum atomic E-state index is 13.0. The first-order valence-electron chi connectivity index (χ1n) is 3.71. The summed E-state index contributed by atoms with van der Waals surface area (Å²) in [6, 6.07) is 1.87. The summed E-state index contributed by atoms with van der Waals surface area (Å²) in [5.41, 5.74) is -0.876. The topological polar surface area (TPSA) is 74.6 Å². The summed E-state index contributed by atoms with van der Waals surface area (Å²) >= 11 is 0. The number of carboxylic acid groups (broad SMARTS) is 2. The summed E-state index contributed by atoms with van der Waals surface area (Å²) in [4.78, 5) is 21.2. The molecule has 0 aromatic heterocycles. The van der Waals surface area contributed by atoms with Gasteiger partial charge in [-0.05, 0) is 24.6 Å². The predicted molar refractivity (Wildman–Crippen MR) is 45.1 cm³/mol. The van der Waals surface area contributed by atoms with Crippen molar-refractivity contribution in [3.63, 3.8) is 0 Å². The fourth-order valence-electron chi connectivity index (χ4n) is 1.17. The third-order valence-electron chi connectivity index (χ3n) is 1.86. The van der Waals surface area contributed by atoms with Gasteiger partial charge in [0.2, 0.25) is 0 Å². The van der Waals surface area contributed by atoms with Gasteiger partial charge in [0.05, 0.1) is 11.1 Å². The first-order valence-corrected chi connectivity index (χ1v) is 3.71. The van der Waals surface area contributed by atoms with Gasteiger partial charge < -0.3 is 10.2 Å². The van der Waals surface area contributed by atoms with Gasteiger partial charge in [0.25, 0.3) is 0 Å². The number of benzene rings is 1. The van der Waals surface area contributed by atoms with E-state index in [9.17, 15) is 14.0 Å². The first kappa shape index (κ1) is 10.2. The Morgan fingerprint density at radius 1 is 1.21 bits per heavy atom. The fraction of sp³-hybridized carbons (Fsp3) is 0.111. The number of aromatic carboxylic acids is 2. The Morgan fingerprint density at radius 3 is 2.21 bits per heavy atom. The molecule has 14 heavy (non-hydrogen) atoms. The predicted octanol–water partition coefficient (Wildman–Crippen LogP) is 1.53. The molecule has 0 saturated heterocycles. The van der Waals surface area contributed by atoms with Crippen molar-refractivity contribution >= 4 is 11.9 Å². The van der Waals surface area contributed by atoms with Crippen molar-refractivity contribution in [2.45, 2.75) is 6.92 Å². The van der Waals surface area contributed by atoms with Gasteiger partial charge in [-0.25, -0.2) is 14.0 Å². The smallest absolute Gasteiger partial charge is 0.338 e. The van der Waals surface area contributed by atoms with Gasteiger partial charge in [-0.2, -0.15) is 0 Å². The number of carbonyl (C=O) groups is 2. The molecule has 1 rings (SSSR count). The second-order valence-electron chi connectivity index (χ2n) is 2.71. The van der Waals surface area contributed by atoms with Crippen LogP contribution in [0, 0.1) is 12.7 Å². The number of rotatable bonds is 2. The van der Waals surface area contributed by atoms with Gasteiger partial charge in [-0.1, -0.05) is 0 Å². The highest BCUT2D eigenvalue weighted by atomic mass is 19.1. The van der Waals surface area contributed by atoms with Crippen molar-refractivity contribution in [1.29, 1.82) is 0 Å². The highest BCUT2D eigenvalue weighted by Crippen LogP contribution is 2.17. The summed E-state index contributed by atoms with van der Waals surface area (Å²) in [7, 11) is 0. The van der Waals surface area contributed by atoms with E-state index in [0.29, 0.717) is 0 Å². The lowest BCUT2D eigenvalue weighted by atomic mass is 10.0. The van der Waals surface area contributed by atoms with Crippen LogP contribution >= 0.6 is 0 Å². The van der Waals surface area contributed by atoms with E-state index < -0.39 is 23.3 Å². The van der Waals surface area contributed by atoms with Gasteiger partial charge >= 0.3 is 11.9 Å². The van der Waals surface area contributed by atoms with Gasteiger partial charge in [0.1, 0.15) is 5.82 Å². The minimum atomic E-state index is -1.47. The van der Waals surface area contributed by atoms with E-state index >= 15 is 0 Å². The molecule has 1 aromatic rings. The van der Waals surface area contributed by atoms with Crippen molar-refractivity contribution in [1.82, 2.24) is 0 Å². The average molecular weight is 198 g/mol. The van der Waals surface area contributed by atoms with Gasteiger partial charge in [0, 0.05) is 0 Å². The van der Waals surface area contributed by atoms with Gasteiger partial charge in [0.15, 0.2) is 0 Å². The number of halogens is 1. The van der Waals surface area contributed by atoms with Gasteiger partial charge in [-0.3, -0.25) is 0 Å². The second-order valence-corrected chi connectivity index (χ2v) is 2.71. The molecule has 0 aliphatic heterocycles. The van der Waals surface area contributed by atoms with Crippen LogP contribution in [0.1, 0.15) is 26.3 Å². The molecule has 2 N–H and O–H groups in total. The standard InChI is InChI=1S/C9H7FO4/c1-4-5(8(11)12)2-3-6(10)7(4)9(13)14/h2-3H,1H3,(H,11,12)(H,13,14). The Kier molecular flexibility index (Phi) is 2.51. The molecule has 0 amide bonds. The number of hydrogen-bond acceptors (Lipinski definition) is 2. The zero-order chi connectivity index (χ0) is 10.9. The van der Waals surface area contributed by atoms with Crippen molar-refractivity contribution in [2.75, 3.05) is 0 Å². The van der Waals surface area contributed by atoms with E-state index in [1.54, 1.807) is 0 Å². The molecular weight excluding hydrogens is 191 g/mol. The fourth-order valence-corrected chi connectivity index (χ4v) is 1.17. The van der Waals surface area contributed by atoms with Crippen LogP contribution in [0.15, 0.2) is 12.1 Å². The molecule has 0 atom stereocenters. The van der Waals surface area contributed by atoms with E-state index in [0.717, 1.165) is 12.1 Å². The van der Waals surface area contributed by atoms with Crippen molar-refractivity contribution in [3.05, 3.63) is 34.6 Å². The monoisotopic (exact) mass is 198 g/mol. The molecule has 0 saturated carbocycles. The highest BCUT2D eigenvalue weighted by Gasteiger charge is 2.19. The molecule has 0 bridgehead atoms. The quantitative estimate of drug-likeness (QED) is 0.755. The van der Waals surface area contributed by atoms with Gasteiger partial charge in [-0.15, -0.1) is 0 Å². The minimum Gasteiger partial charge on any atom is -0.478 e. The number of carboxylic acids is 2. The third-order valence-corrected chi connectivity index (χ3v) is 1.86. The van der Waals surface area contributed by atoms with Crippen LogP contribution in [0.3, 0.4) is 0 Å². The van der Waals surface area contributed by atoms with Crippen molar-refractivity contribution in [2.24, 2.45) is 0 Å². The number of hydrogen-bond donors (Lipinski definition) is 2. The molecule has 0 heterocycles. The average Bonchev–Trinajstić information content (AvgIpc) is 2.02. The summed E-state index contributed by atoms with van der Waals surface area (Å²) in [6.45, 7) is 1.26. The van der Waals surface area contributed by atoms with Crippen LogP contribution in [-0.2, 0) is 0 Å². The molecule has 74 valence electrons. The van der Waals surface area contributed by atoms with Crippen molar-refractivity contribution < 1.29 is 24.2 Å². The molecule has 0 radical (unpaired) electrons. The Labute approximate surface area is 78.6 Å². The van der Waals surface area contributed by atoms with E-state index in [-0.39, 0.29) is 11.1 Å². The van der Waals surface area contributed by atoms with Crippen molar-refractivity contribution in [3.8, 4) is 0 Å². The largest absolute Gasteiger partial charge is 0.478 e. The molecule has 0 aliphatic rings. The van der Waals surface area contributed by atoms with Crippen LogP contribution in [0.25, 0.3) is 0 Å². The maximum absolute atomic E-state index is 13.0. The lowest BCUT2D eigenvalue weighted by Crippen LogP contribution is -2.09. The Balaban J connectivity index is 3.49. The Morgan fingerprint density at radius 2 is 1.79 bits per heavy atom. The second kappa shape index (κ2) is 3.45. The SMILES string of the molecule is Cc1c(C(=O)O)ccc(F)c1C(=O)O. The van der Waals surface area contributed by atoms with Crippen LogP contribution in [0.5, 0.6) is 0 Å². The van der Waals surface area contributed by atoms with E-state index in [1.807, 2.05) is 0 Å². The molecule has 1 aromatic carbocycles. The zero-order valence-corrected chi connectivity index (χ0v) is 7.24. The zero-order valence-electron chi connectivity index (χ0n) is 7.24. The van der Waals surface area contributed by atoms with Crippen LogP contribution in [0.4, 0.5) is 4.39 Å². The highest BCUT2D eigenvalue weighted by molar-refractivity contribution is 5.96. The van der Waals surface area contributed by atoms with E-state index in [1.165, 1.54) is 6.92 Å². The van der Waals surface area contributed by atoms with Crippen LogP contribution in [-0.4, -0.2) is 22.2 Å². The summed E-state index contributed by atoms with van der Waals surface area (Å²) in [5, 5.41) is 17.3. The maximum Gasteiger partial charge on any atom is 0.338 e. The molecule has 0 spiro atoms. The molecule has 0 fully saturated rings. The Hall–Kier alpha value is -1.91. The summed E-state index contributed by atoms with van der Waals surface area (Å²) in [5.74, 6) is -3.67. The lowest BCUT2D eigenvalue weighted by molar-refractivity contribution is 0.0691. The molecule has 0 unspecified atom stereocenters. The lowest BCUT2D eigenvalue weighted by Gasteiger charge is -2.05. The third kappa shape index (κ3) is 1.56. The van der Waals surface area contributed by atoms with E-state index in [4.69, 9.17) is 10.2 Å². The summed E-state index contributed by atoms with van der Waals surface area (Å²) < 4.78 is 13.0. The van der Waals surface area contributed by atoms with Crippen LogP contribution < -0.4 is 0 Å². The minimum absolute atomic E-state index is 0.0787. The molecule has 5 heteroatoms. The first-order chi connectivity index (χ1) is 6.45. The molecule has 4 nitrogen and oxygen atoms in total. The molecule has 0 aliphatic carbocycles. The molecular formula is C9H7FO4. The van der Waals surface area contributed by atoms with E-state index in [2.05, 4.69) is 0 Å². The Bertz CT molecular complexity index is 412. The normalized spacial score (nSPS) is 9.86. The summed E-state index contributed by atoms with van der Waals surface area (Å²) in [6.07, 6.45) is 0.